The number of nitrogens with zero attached hydrogens (tertiary/aromatic N) is 1. The zero-order chi connectivity index (χ0) is 11.1. The van der Waals surface area contributed by atoms with E-state index in [4.69, 9.17) is 11.6 Å². The summed E-state index contributed by atoms with van der Waals surface area (Å²) in [6, 6.07) is 2.87. The Morgan fingerprint density at radius 1 is 1.47 bits per heavy atom. The van der Waals surface area contributed by atoms with E-state index in [1.165, 1.54) is 12.4 Å². The van der Waals surface area contributed by atoms with Crippen LogP contribution in [-0.4, -0.2) is 23.1 Å². The van der Waals surface area contributed by atoms with Crippen molar-refractivity contribution >= 4 is 23.6 Å². The average Bonchev–Trinajstić information content (AvgIpc) is 2.27. The van der Waals surface area contributed by atoms with E-state index in [0.717, 1.165) is 0 Å². The molecule has 0 aliphatic rings. The van der Waals surface area contributed by atoms with E-state index in [1.54, 1.807) is 12.1 Å². The molecule has 0 aliphatic carbocycles. The lowest BCUT2D eigenvalue weighted by Crippen LogP contribution is -2.41. The fourth-order valence-corrected chi connectivity index (χ4v) is 0.862. The van der Waals surface area contributed by atoms with Gasteiger partial charge in [-0.3, -0.25) is 15.2 Å². The SMILES string of the molecule is O=C(NNC(=O)c1cccnc1)OCCl. The van der Waals surface area contributed by atoms with Gasteiger partial charge in [0.25, 0.3) is 5.91 Å². The highest BCUT2D eigenvalue weighted by molar-refractivity contribution is 6.17. The van der Waals surface area contributed by atoms with Gasteiger partial charge in [0.05, 0.1) is 5.56 Å². The molecule has 2 N–H and O–H groups in total. The van der Waals surface area contributed by atoms with Gasteiger partial charge >= 0.3 is 6.09 Å². The first-order valence-electron chi connectivity index (χ1n) is 3.93. The number of nitrogens with one attached hydrogen (secondary N) is 2. The van der Waals surface area contributed by atoms with E-state index in [0.29, 0.717) is 5.56 Å². The van der Waals surface area contributed by atoms with Crippen LogP contribution in [0.1, 0.15) is 10.4 Å². The quantitative estimate of drug-likeness (QED) is 0.576. The molecule has 1 rings (SSSR count). The molecule has 0 unspecified atom stereocenters. The third kappa shape index (κ3) is 3.82. The molecule has 0 saturated heterocycles. The average molecular weight is 230 g/mol. The van der Waals surface area contributed by atoms with Crippen molar-refractivity contribution in [2.45, 2.75) is 0 Å². The molecule has 0 bridgehead atoms. The summed E-state index contributed by atoms with van der Waals surface area (Å²) < 4.78 is 4.31. The second kappa shape index (κ2) is 5.82. The molecular weight excluding hydrogens is 222 g/mol. The number of carbonyl (C=O) groups excluding carboxylic acids is 2. The molecule has 1 aromatic heterocycles. The van der Waals surface area contributed by atoms with Crippen molar-refractivity contribution in [1.82, 2.24) is 15.8 Å². The van der Waals surface area contributed by atoms with E-state index in [1.807, 2.05) is 5.43 Å². The van der Waals surface area contributed by atoms with Crippen LogP contribution in [0.4, 0.5) is 4.79 Å². The van der Waals surface area contributed by atoms with Crippen LogP contribution < -0.4 is 10.9 Å². The van der Waals surface area contributed by atoms with Gasteiger partial charge in [0.2, 0.25) is 0 Å². The van der Waals surface area contributed by atoms with E-state index >= 15 is 0 Å². The van der Waals surface area contributed by atoms with Crippen molar-refractivity contribution in [1.29, 1.82) is 0 Å². The molecule has 0 spiro atoms. The molecule has 1 heterocycles. The fourth-order valence-electron chi connectivity index (χ4n) is 0.763. The fraction of sp³-hybridized carbons (Fsp3) is 0.125. The largest absolute Gasteiger partial charge is 0.432 e. The number of aromatic nitrogens is 1. The highest BCUT2D eigenvalue weighted by Gasteiger charge is 2.06. The summed E-state index contributed by atoms with van der Waals surface area (Å²) in [5.41, 5.74) is 4.45. The molecular formula is C8H8ClN3O3. The van der Waals surface area contributed by atoms with Crippen LogP contribution in [0.5, 0.6) is 0 Å². The van der Waals surface area contributed by atoms with Gasteiger partial charge in [0, 0.05) is 12.4 Å². The molecule has 80 valence electrons. The van der Waals surface area contributed by atoms with E-state index in [2.05, 4.69) is 15.1 Å². The van der Waals surface area contributed by atoms with Crippen LogP contribution in [0.3, 0.4) is 0 Å². The van der Waals surface area contributed by atoms with Crippen molar-refractivity contribution in [3.8, 4) is 0 Å². The third-order valence-electron chi connectivity index (χ3n) is 1.39. The zero-order valence-electron chi connectivity index (χ0n) is 7.57. The van der Waals surface area contributed by atoms with Crippen LogP contribution in [0.15, 0.2) is 24.5 Å². The predicted molar refractivity (Wildman–Crippen MR) is 52.0 cm³/mol. The van der Waals surface area contributed by atoms with Gasteiger partial charge in [-0.05, 0) is 12.1 Å². The summed E-state index contributed by atoms with van der Waals surface area (Å²) in [5, 5.41) is 0. The lowest BCUT2D eigenvalue weighted by atomic mass is 10.3. The first kappa shape index (κ1) is 11.3. The van der Waals surface area contributed by atoms with E-state index < -0.39 is 12.0 Å². The maximum Gasteiger partial charge on any atom is 0.427 e. The van der Waals surface area contributed by atoms with Crippen LogP contribution in [0.25, 0.3) is 0 Å². The lowest BCUT2D eigenvalue weighted by molar-refractivity contribution is 0.0918. The van der Waals surface area contributed by atoms with Gasteiger partial charge in [-0.2, -0.15) is 0 Å². The van der Waals surface area contributed by atoms with Gasteiger partial charge in [-0.25, -0.2) is 10.2 Å². The number of halogens is 1. The molecule has 0 atom stereocenters. The Bertz CT molecular complexity index is 344. The molecule has 0 saturated carbocycles. The molecule has 0 fully saturated rings. The topological polar surface area (TPSA) is 80.3 Å². The number of ether oxygens (including phenoxy) is 1. The maximum absolute atomic E-state index is 11.3. The maximum atomic E-state index is 11.3. The molecule has 0 aromatic carbocycles. The van der Waals surface area contributed by atoms with Gasteiger partial charge in [0.15, 0.2) is 6.07 Å². The van der Waals surface area contributed by atoms with Gasteiger partial charge < -0.3 is 4.74 Å². The minimum atomic E-state index is -0.831. The summed E-state index contributed by atoms with van der Waals surface area (Å²) >= 11 is 5.12. The highest BCUT2D eigenvalue weighted by Crippen LogP contribution is 1.93. The summed E-state index contributed by atoms with van der Waals surface area (Å²) in [6.45, 7) is 0. The number of alkyl halides is 1. The number of hydrazine groups is 1. The third-order valence-corrected chi connectivity index (χ3v) is 1.50. The molecule has 0 radical (unpaired) electrons. The smallest absolute Gasteiger partial charge is 0.427 e. The minimum Gasteiger partial charge on any atom is -0.432 e. The van der Waals surface area contributed by atoms with Crippen LogP contribution in [0.2, 0.25) is 0 Å². The van der Waals surface area contributed by atoms with Gasteiger partial charge in [-0.1, -0.05) is 11.6 Å². The van der Waals surface area contributed by atoms with Gasteiger partial charge in [-0.15, -0.1) is 0 Å². The number of amides is 2. The lowest BCUT2D eigenvalue weighted by Gasteiger charge is -2.05. The standard InChI is InChI=1S/C8H8ClN3O3/c9-5-15-8(14)12-11-7(13)6-2-1-3-10-4-6/h1-4H,5H2,(H,11,13)(H,12,14). The summed E-state index contributed by atoms with van der Waals surface area (Å²) in [5.74, 6) is -0.491. The van der Waals surface area contributed by atoms with Crippen LogP contribution >= 0.6 is 11.6 Å². The molecule has 6 nitrogen and oxygen atoms in total. The molecule has 0 aliphatic heterocycles. The first-order chi connectivity index (χ1) is 7.24. The van der Waals surface area contributed by atoms with Crippen molar-refractivity contribution in [2.75, 3.05) is 6.07 Å². The van der Waals surface area contributed by atoms with Crippen molar-refractivity contribution in [3.05, 3.63) is 30.1 Å². The van der Waals surface area contributed by atoms with E-state index in [9.17, 15) is 9.59 Å². The van der Waals surface area contributed by atoms with Crippen LogP contribution in [0, 0.1) is 0 Å². The Labute approximate surface area is 90.6 Å². The second-order valence-electron chi connectivity index (χ2n) is 2.36. The number of carbonyl (C=O) groups is 2. The Morgan fingerprint density at radius 2 is 2.27 bits per heavy atom. The summed E-state index contributed by atoms with van der Waals surface area (Å²) in [7, 11) is 0. The van der Waals surface area contributed by atoms with Crippen molar-refractivity contribution in [3.63, 3.8) is 0 Å². The molecule has 15 heavy (non-hydrogen) atoms. The monoisotopic (exact) mass is 229 g/mol. The number of hydrogen-bond donors (Lipinski definition) is 2. The Balaban J connectivity index is 2.40. The Kier molecular flexibility index (Phi) is 4.36. The number of pyridine rings is 1. The number of rotatable bonds is 2. The van der Waals surface area contributed by atoms with Gasteiger partial charge in [0.1, 0.15) is 0 Å². The van der Waals surface area contributed by atoms with Crippen LogP contribution in [-0.2, 0) is 4.74 Å². The van der Waals surface area contributed by atoms with Crippen molar-refractivity contribution < 1.29 is 14.3 Å². The van der Waals surface area contributed by atoms with E-state index in [-0.39, 0.29) is 6.07 Å². The summed E-state index contributed by atoms with van der Waals surface area (Å²) in [4.78, 5) is 25.8. The molecule has 1 aromatic rings. The minimum absolute atomic E-state index is 0.283. The highest BCUT2D eigenvalue weighted by atomic mass is 35.5. The second-order valence-corrected chi connectivity index (χ2v) is 2.58. The normalized spacial score (nSPS) is 9.13. The summed E-state index contributed by atoms with van der Waals surface area (Å²) in [6.07, 6.45) is 2.07. The predicted octanol–water partition coefficient (Wildman–Crippen LogP) is 0.649. The zero-order valence-corrected chi connectivity index (χ0v) is 8.32. The first-order valence-corrected chi connectivity index (χ1v) is 4.46. The molecule has 7 heteroatoms. The Morgan fingerprint density at radius 3 is 2.87 bits per heavy atom. The molecule has 2 amide bonds. The number of hydrogen-bond acceptors (Lipinski definition) is 4. The Hall–Kier alpha value is -1.82. The van der Waals surface area contributed by atoms with Crippen molar-refractivity contribution in [2.24, 2.45) is 0 Å².